The molecule has 2 aromatic carbocycles. The lowest BCUT2D eigenvalue weighted by molar-refractivity contribution is -0.137. The van der Waals surface area contributed by atoms with E-state index in [-0.39, 0.29) is 12.3 Å². The summed E-state index contributed by atoms with van der Waals surface area (Å²) < 4.78 is 44.6. The number of alkyl halides is 3. The summed E-state index contributed by atoms with van der Waals surface area (Å²) in [6.45, 7) is 1.83. The van der Waals surface area contributed by atoms with Gasteiger partial charge in [0, 0.05) is 5.56 Å². The molecule has 8 heteroatoms. The molecule has 134 valence electrons. The third-order valence-corrected chi connectivity index (χ3v) is 3.63. The summed E-state index contributed by atoms with van der Waals surface area (Å²) in [4.78, 5) is 12.2. The molecule has 0 fully saturated rings. The molecule has 0 N–H and O–H groups in total. The van der Waals surface area contributed by atoms with Gasteiger partial charge in [-0.1, -0.05) is 35.5 Å². The second-order valence-electron chi connectivity index (χ2n) is 5.33. The maximum Gasteiger partial charge on any atom is 0.416 e. The molecule has 0 aliphatic rings. The van der Waals surface area contributed by atoms with Gasteiger partial charge in [-0.3, -0.25) is 0 Å². The number of esters is 1. The van der Waals surface area contributed by atoms with E-state index in [1.807, 2.05) is 0 Å². The van der Waals surface area contributed by atoms with Crippen molar-refractivity contribution in [3.8, 4) is 16.9 Å². The van der Waals surface area contributed by atoms with Crippen LogP contribution in [-0.4, -0.2) is 27.6 Å². The first-order valence-corrected chi connectivity index (χ1v) is 7.77. The first-order valence-electron chi connectivity index (χ1n) is 7.77. The standard InChI is InChI=1S/C18H14F3N3O2/c1-2-26-17(25)15-16(12-6-4-3-5-7-12)24(23-22-15)14-10-8-13(9-11-14)18(19,20)21/h3-11H,2H2,1H3. The number of benzene rings is 2. The van der Waals surface area contributed by atoms with Gasteiger partial charge in [-0.2, -0.15) is 13.2 Å². The van der Waals surface area contributed by atoms with Crippen molar-refractivity contribution in [3.05, 3.63) is 65.9 Å². The predicted octanol–water partition coefficient (Wildman–Crippen LogP) is 4.13. The molecule has 0 bridgehead atoms. The Bertz CT molecular complexity index is 904. The van der Waals surface area contributed by atoms with Crippen LogP contribution in [-0.2, 0) is 10.9 Å². The van der Waals surface area contributed by atoms with Crippen molar-refractivity contribution >= 4 is 5.97 Å². The number of carbonyl (C=O) groups is 1. The summed E-state index contributed by atoms with van der Waals surface area (Å²) in [5.41, 5.74) is 0.565. The fraction of sp³-hybridized carbons (Fsp3) is 0.167. The van der Waals surface area contributed by atoms with Crippen molar-refractivity contribution in [3.63, 3.8) is 0 Å². The van der Waals surface area contributed by atoms with Crippen molar-refractivity contribution in [2.24, 2.45) is 0 Å². The number of halogens is 3. The molecule has 0 saturated heterocycles. The molecule has 5 nitrogen and oxygen atoms in total. The predicted molar refractivity (Wildman–Crippen MR) is 87.8 cm³/mol. The average molecular weight is 361 g/mol. The highest BCUT2D eigenvalue weighted by molar-refractivity contribution is 5.94. The summed E-state index contributed by atoms with van der Waals surface area (Å²) in [7, 11) is 0. The lowest BCUT2D eigenvalue weighted by Gasteiger charge is -2.10. The molecule has 3 rings (SSSR count). The van der Waals surface area contributed by atoms with Crippen LogP contribution in [0.3, 0.4) is 0 Å². The Hall–Kier alpha value is -3.16. The monoisotopic (exact) mass is 361 g/mol. The Morgan fingerprint density at radius 1 is 1.08 bits per heavy atom. The molecule has 26 heavy (non-hydrogen) atoms. The Kier molecular flexibility index (Phi) is 4.75. The van der Waals surface area contributed by atoms with Crippen molar-refractivity contribution < 1.29 is 22.7 Å². The topological polar surface area (TPSA) is 57.0 Å². The van der Waals surface area contributed by atoms with E-state index in [9.17, 15) is 18.0 Å². The number of ether oxygens (including phenoxy) is 1. The first-order chi connectivity index (χ1) is 12.4. The molecular weight excluding hydrogens is 347 g/mol. The van der Waals surface area contributed by atoms with Crippen molar-refractivity contribution in [2.75, 3.05) is 6.61 Å². The number of hydrogen-bond donors (Lipinski definition) is 0. The van der Waals surface area contributed by atoms with E-state index in [1.165, 1.54) is 16.8 Å². The van der Waals surface area contributed by atoms with Crippen LogP contribution in [0.5, 0.6) is 0 Å². The minimum absolute atomic E-state index is 0.00190. The summed E-state index contributed by atoms with van der Waals surface area (Å²) in [5.74, 6) is -0.649. The average Bonchev–Trinajstić information content (AvgIpc) is 3.07. The lowest BCUT2D eigenvalue weighted by atomic mass is 10.1. The number of rotatable bonds is 4. The van der Waals surface area contributed by atoms with Crippen LogP contribution in [0.1, 0.15) is 23.0 Å². The van der Waals surface area contributed by atoms with Crippen LogP contribution >= 0.6 is 0 Å². The van der Waals surface area contributed by atoms with Gasteiger partial charge in [0.2, 0.25) is 0 Å². The van der Waals surface area contributed by atoms with Gasteiger partial charge < -0.3 is 4.74 Å². The zero-order chi connectivity index (χ0) is 18.7. The van der Waals surface area contributed by atoms with Crippen LogP contribution in [0.4, 0.5) is 13.2 Å². The van der Waals surface area contributed by atoms with Gasteiger partial charge in [-0.15, -0.1) is 5.10 Å². The van der Waals surface area contributed by atoms with Gasteiger partial charge >= 0.3 is 12.1 Å². The molecule has 0 unspecified atom stereocenters. The summed E-state index contributed by atoms with van der Waals surface area (Å²) in [6, 6.07) is 13.3. The molecule has 0 saturated carbocycles. The molecule has 1 aromatic heterocycles. The Balaban J connectivity index is 2.12. The minimum atomic E-state index is -4.43. The minimum Gasteiger partial charge on any atom is -0.461 e. The van der Waals surface area contributed by atoms with Crippen LogP contribution in [0, 0.1) is 0 Å². The Labute approximate surface area is 147 Å². The summed E-state index contributed by atoms with van der Waals surface area (Å²) in [5, 5.41) is 7.82. The number of hydrogen-bond acceptors (Lipinski definition) is 4. The molecule has 1 heterocycles. The fourth-order valence-electron chi connectivity index (χ4n) is 2.45. The van der Waals surface area contributed by atoms with Crippen LogP contribution in [0.15, 0.2) is 54.6 Å². The van der Waals surface area contributed by atoms with E-state index in [0.29, 0.717) is 16.9 Å². The third-order valence-electron chi connectivity index (χ3n) is 3.63. The highest BCUT2D eigenvalue weighted by atomic mass is 19.4. The molecule has 0 radical (unpaired) electrons. The lowest BCUT2D eigenvalue weighted by Crippen LogP contribution is -2.08. The highest BCUT2D eigenvalue weighted by Gasteiger charge is 2.30. The zero-order valence-corrected chi connectivity index (χ0v) is 13.7. The Morgan fingerprint density at radius 3 is 2.31 bits per heavy atom. The molecule has 0 aliphatic carbocycles. The maximum absolute atomic E-state index is 12.8. The molecule has 0 atom stereocenters. The van der Waals surface area contributed by atoms with E-state index in [1.54, 1.807) is 37.3 Å². The van der Waals surface area contributed by atoms with Crippen molar-refractivity contribution in [1.29, 1.82) is 0 Å². The number of nitrogens with zero attached hydrogens (tertiary/aromatic N) is 3. The normalized spacial score (nSPS) is 11.4. The number of carbonyl (C=O) groups excluding carboxylic acids is 1. The molecular formula is C18H14F3N3O2. The maximum atomic E-state index is 12.8. The largest absolute Gasteiger partial charge is 0.461 e. The summed E-state index contributed by atoms with van der Waals surface area (Å²) >= 11 is 0. The second kappa shape index (κ2) is 6.99. The van der Waals surface area contributed by atoms with Gasteiger partial charge in [0.05, 0.1) is 17.9 Å². The van der Waals surface area contributed by atoms with Crippen LogP contribution < -0.4 is 0 Å². The highest BCUT2D eigenvalue weighted by Crippen LogP contribution is 2.31. The molecule has 3 aromatic rings. The van der Waals surface area contributed by atoms with E-state index in [0.717, 1.165) is 12.1 Å². The van der Waals surface area contributed by atoms with Crippen LogP contribution in [0.2, 0.25) is 0 Å². The van der Waals surface area contributed by atoms with Gasteiger partial charge in [-0.05, 0) is 31.2 Å². The van der Waals surface area contributed by atoms with Crippen LogP contribution in [0.25, 0.3) is 16.9 Å². The zero-order valence-electron chi connectivity index (χ0n) is 13.7. The van der Waals surface area contributed by atoms with Gasteiger partial charge in [0.1, 0.15) is 5.69 Å². The van der Waals surface area contributed by atoms with E-state index in [4.69, 9.17) is 4.74 Å². The SMILES string of the molecule is CCOC(=O)c1nnn(-c2ccc(C(F)(F)F)cc2)c1-c1ccccc1. The second-order valence-corrected chi connectivity index (χ2v) is 5.33. The fourth-order valence-corrected chi connectivity index (χ4v) is 2.45. The smallest absolute Gasteiger partial charge is 0.416 e. The van der Waals surface area contributed by atoms with Crippen molar-refractivity contribution in [2.45, 2.75) is 13.1 Å². The molecule has 0 amide bonds. The van der Waals surface area contributed by atoms with Gasteiger partial charge in [0.25, 0.3) is 0 Å². The van der Waals surface area contributed by atoms with Crippen molar-refractivity contribution in [1.82, 2.24) is 15.0 Å². The van der Waals surface area contributed by atoms with E-state index < -0.39 is 17.7 Å². The van der Waals surface area contributed by atoms with Gasteiger partial charge in [-0.25, -0.2) is 9.48 Å². The first kappa shape index (κ1) is 17.7. The third kappa shape index (κ3) is 3.44. The molecule has 0 spiro atoms. The quantitative estimate of drug-likeness (QED) is 0.656. The van der Waals surface area contributed by atoms with Gasteiger partial charge in [0.15, 0.2) is 5.69 Å². The van der Waals surface area contributed by atoms with E-state index >= 15 is 0 Å². The molecule has 0 aliphatic heterocycles. The summed E-state index contributed by atoms with van der Waals surface area (Å²) in [6.07, 6.45) is -4.43. The number of aromatic nitrogens is 3. The Morgan fingerprint density at radius 2 is 1.73 bits per heavy atom. The van der Waals surface area contributed by atoms with E-state index in [2.05, 4.69) is 10.3 Å².